The van der Waals surface area contributed by atoms with E-state index >= 15 is 0 Å². The number of nitrogens with two attached hydrogens (primary N) is 1. The number of phenolic OH excluding ortho intramolecular Hbond substituents is 1. The Balaban J connectivity index is 2.30. The van der Waals surface area contributed by atoms with E-state index in [-0.39, 0.29) is 11.3 Å². The molecule has 0 aliphatic heterocycles. The number of benzene rings is 1. The maximum atomic E-state index is 9.52. The van der Waals surface area contributed by atoms with Crippen LogP contribution in [0.5, 0.6) is 11.6 Å². The van der Waals surface area contributed by atoms with Crippen molar-refractivity contribution >= 4 is 10.8 Å². The summed E-state index contributed by atoms with van der Waals surface area (Å²) in [7, 11) is 0. The molecule has 4 nitrogen and oxygen atoms in total. The highest BCUT2D eigenvalue weighted by molar-refractivity contribution is 5.87. The van der Waals surface area contributed by atoms with Gasteiger partial charge in [-0.25, -0.2) is 4.98 Å². The van der Waals surface area contributed by atoms with Gasteiger partial charge >= 0.3 is 0 Å². The van der Waals surface area contributed by atoms with Crippen LogP contribution in [0.2, 0.25) is 0 Å². The molecular weight excluding hydrogens is 228 g/mol. The third kappa shape index (κ3) is 2.71. The molecule has 0 saturated carbocycles. The molecule has 0 fully saturated rings. The molecule has 4 heteroatoms. The summed E-state index contributed by atoms with van der Waals surface area (Å²) in [4.78, 5) is 4.20. The lowest BCUT2D eigenvalue weighted by atomic mass is 10.0. The highest BCUT2D eigenvalue weighted by Crippen LogP contribution is 2.27. The van der Waals surface area contributed by atoms with E-state index in [2.05, 4.69) is 4.98 Å². The van der Waals surface area contributed by atoms with Gasteiger partial charge in [-0.05, 0) is 36.9 Å². The lowest BCUT2D eigenvalue weighted by Crippen LogP contribution is -2.41. The Morgan fingerprint density at radius 3 is 2.89 bits per heavy atom. The monoisotopic (exact) mass is 246 g/mol. The molecular formula is C14H18N2O2. The van der Waals surface area contributed by atoms with Gasteiger partial charge in [0.25, 0.3) is 0 Å². The molecule has 0 saturated heterocycles. The van der Waals surface area contributed by atoms with Crippen LogP contribution in [0.4, 0.5) is 0 Å². The number of pyridine rings is 1. The van der Waals surface area contributed by atoms with Crippen molar-refractivity contribution in [2.24, 2.45) is 5.73 Å². The second-order valence-corrected chi connectivity index (χ2v) is 4.82. The molecule has 1 atom stereocenters. The number of nitrogens with zero attached hydrogens (tertiary/aromatic N) is 1. The molecule has 2 aromatic rings. The van der Waals surface area contributed by atoms with Crippen molar-refractivity contribution < 1.29 is 9.84 Å². The standard InChI is InChI=1S/C14H18N2O2/c1-3-14(2,15)9-18-13-12-8-11(17)5-4-10(12)6-7-16-13/h4-8,17H,3,9,15H2,1-2H3. The third-order valence-electron chi connectivity index (χ3n) is 3.06. The Kier molecular flexibility index (Phi) is 3.39. The Hall–Kier alpha value is -1.81. The van der Waals surface area contributed by atoms with Crippen molar-refractivity contribution in [1.82, 2.24) is 4.98 Å². The van der Waals surface area contributed by atoms with Gasteiger partial charge in [-0.1, -0.05) is 13.0 Å². The van der Waals surface area contributed by atoms with E-state index < -0.39 is 0 Å². The highest BCUT2D eigenvalue weighted by Gasteiger charge is 2.17. The number of fused-ring (bicyclic) bond motifs is 1. The molecule has 2 rings (SSSR count). The normalized spacial score (nSPS) is 14.4. The number of aromatic hydroxyl groups is 1. The van der Waals surface area contributed by atoms with Gasteiger partial charge in [0.05, 0.1) is 0 Å². The van der Waals surface area contributed by atoms with Crippen LogP contribution in [-0.4, -0.2) is 22.2 Å². The second kappa shape index (κ2) is 4.82. The van der Waals surface area contributed by atoms with Crippen molar-refractivity contribution in [3.63, 3.8) is 0 Å². The van der Waals surface area contributed by atoms with Crippen molar-refractivity contribution in [2.75, 3.05) is 6.61 Å². The minimum Gasteiger partial charge on any atom is -0.508 e. The zero-order valence-corrected chi connectivity index (χ0v) is 10.7. The molecule has 1 heterocycles. The maximum Gasteiger partial charge on any atom is 0.221 e. The average Bonchev–Trinajstić information content (AvgIpc) is 2.36. The van der Waals surface area contributed by atoms with Gasteiger partial charge in [0.2, 0.25) is 5.88 Å². The third-order valence-corrected chi connectivity index (χ3v) is 3.06. The van der Waals surface area contributed by atoms with Gasteiger partial charge in [-0.3, -0.25) is 0 Å². The first-order valence-electron chi connectivity index (χ1n) is 6.01. The van der Waals surface area contributed by atoms with Gasteiger partial charge in [0.15, 0.2) is 0 Å². The molecule has 0 bridgehead atoms. The second-order valence-electron chi connectivity index (χ2n) is 4.82. The topological polar surface area (TPSA) is 68.4 Å². The number of hydrogen-bond donors (Lipinski definition) is 2. The number of rotatable bonds is 4. The van der Waals surface area contributed by atoms with E-state index in [1.165, 1.54) is 0 Å². The molecule has 96 valence electrons. The van der Waals surface area contributed by atoms with E-state index in [1.807, 2.05) is 26.0 Å². The smallest absolute Gasteiger partial charge is 0.221 e. The Labute approximate surface area is 106 Å². The van der Waals surface area contributed by atoms with Gasteiger partial charge in [-0.2, -0.15) is 0 Å². The average molecular weight is 246 g/mol. The molecule has 1 aromatic heterocycles. The van der Waals surface area contributed by atoms with Gasteiger partial charge in [-0.15, -0.1) is 0 Å². The van der Waals surface area contributed by atoms with E-state index in [9.17, 15) is 5.11 Å². The minimum absolute atomic E-state index is 0.200. The summed E-state index contributed by atoms with van der Waals surface area (Å²) >= 11 is 0. The summed E-state index contributed by atoms with van der Waals surface area (Å²) in [6.45, 7) is 4.35. The highest BCUT2D eigenvalue weighted by atomic mass is 16.5. The molecule has 0 radical (unpaired) electrons. The molecule has 18 heavy (non-hydrogen) atoms. The number of hydrogen-bond acceptors (Lipinski definition) is 4. The summed E-state index contributed by atoms with van der Waals surface area (Å²) in [6, 6.07) is 7.01. The molecule has 3 N–H and O–H groups in total. The predicted molar refractivity (Wildman–Crippen MR) is 71.8 cm³/mol. The van der Waals surface area contributed by atoms with Crippen LogP contribution < -0.4 is 10.5 Å². The van der Waals surface area contributed by atoms with Crippen molar-refractivity contribution in [3.05, 3.63) is 30.5 Å². The first-order valence-corrected chi connectivity index (χ1v) is 6.01. The molecule has 0 aliphatic carbocycles. The zero-order chi connectivity index (χ0) is 13.2. The van der Waals surface area contributed by atoms with Crippen LogP contribution in [0.15, 0.2) is 30.5 Å². The molecule has 0 amide bonds. The summed E-state index contributed by atoms with van der Waals surface area (Å²) in [5.74, 6) is 0.708. The van der Waals surface area contributed by atoms with Crippen LogP contribution in [-0.2, 0) is 0 Å². The summed E-state index contributed by atoms with van der Waals surface area (Å²) in [5, 5.41) is 11.3. The van der Waals surface area contributed by atoms with Crippen LogP contribution in [0, 0.1) is 0 Å². The SMILES string of the molecule is CCC(C)(N)COc1nccc2ccc(O)cc12. The van der Waals surface area contributed by atoms with Crippen LogP contribution >= 0.6 is 0 Å². The molecule has 0 spiro atoms. The number of aromatic nitrogens is 1. The van der Waals surface area contributed by atoms with Crippen molar-refractivity contribution in [3.8, 4) is 11.6 Å². The fourth-order valence-electron chi connectivity index (χ4n) is 1.58. The number of phenols is 1. The molecule has 0 aliphatic rings. The fraction of sp³-hybridized carbons (Fsp3) is 0.357. The summed E-state index contributed by atoms with van der Waals surface area (Å²) in [6.07, 6.45) is 2.51. The van der Waals surface area contributed by atoms with Crippen LogP contribution in [0.3, 0.4) is 0 Å². The van der Waals surface area contributed by atoms with E-state index in [0.717, 1.165) is 17.2 Å². The first kappa shape index (κ1) is 12.6. The van der Waals surface area contributed by atoms with Crippen LogP contribution in [0.25, 0.3) is 10.8 Å². The first-order chi connectivity index (χ1) is 8.52. The largest absolute Gasteiger partial charge is 0.508 e. The Morgan fingerprint density at radius 1 is 1.39 bits per heavy atom. The quantitative estimate of drug-likeness (QED) is 0.869. The predicted octanol–water partition coefficient (Wildman–Crippen LogP) is 2.45. The Bertz CT molecular complexity index is 552. The van der Waals surface area contributed by atoms with E-state index in [1.54, 1.807) is 18.3 Å². The van der Waals surface area contributed by atoms with E-state index in [4.69, 9.17) is 10.5 Å². The minimum atomic E-state index is -0.374. The van der Waals surface area contributed by atoms with Gasteiger partial charge in [0, 0.05) is 17.1 Å². The number of ether oxygens (including phenoxy) is 1. The zero-order valence-electron chi connectivity index (χ0n) is 10.7. The summed E-state index contributed by atoms with van der Waals surface area (Å²) in [5.41, 5.74) is 5.66. The van der Waals surface area contributed by atoms with Gasteiger partial charge in [0.1, 0.15) is 12.4 Å². The Morgan fingerprint density at radius 2 is 2.17 bits per heavy atom. The van der Waals surface area contributed by atoms with Gasteiger partial charge < -0.3 is 15.6 Å². The fourth-order valence-corrected chi connectivity index (χ4v) is 1.58. The molecule has 1 aromatic carbocycles. The lowest BCUT2D eigenvalue weighted by molar-refractivity contribution is 0.221. The lowest BCUT2D eigenvalue weighted by Gasteiger charge is -2.22. The van der Waals surface area contributed by atoms with Crippen molar-refractivity contribution in [1.29, 1.82) is 0 Å². The van der Waals surface area contributed by atoms with Crippen LogP contribution in [0.1, 0.15) is 20.3 Å². The summed E-state index contributed by atoms with van der Waals surface area (Å²) < 4.78 is 5.68. The maximum absolute atomic E-state index is 9.52. The van der Waals surface area contributed by atoms with E-state index in [0.29, 0.717) is 12.5 Å². The molecule has 1 unspecified atom stereocenters. The van der Waals surface area contributed by atoms with Crippen molar-refractivity contribution in [2.45, 2.75) is 25.8 Å².